The van der Waals surface area contributed by atoms with Crippen LogP contribution in [-0.2, 0) is 6.42 Å². The Labute approximate surface area is 148 Å². The van der Waals surface area contributed by atoms with Gasteiger partial charge in [0, 0.05) is 30.3 Å². The van der Waals surface area contributed by atoms with Gasteiger partial charge in [0.25, 0.3) is 0 Å². The molecule has 1 aromatic carbocycles. The van der Waals surface area contributed by atoms with Crippen molar-refractivity contribution in [1.82, 2.24) is 4.98 Å². The van der Waals surface area contributed by atoms with Gasteiger partial charge in [-0.2, -0.15) is 0 Å². The van der Waals surface area contributed by atoms with Crippen LogP contribution in [0.5, 0.6) is 0 Å². The molecule has 25 heavy (non-hydrogen) atoms. The molecule has 5 nitrogen and oxygen atoms in total. The molecule has 0 spiro atoms. The molecule has 0 saturated carbocycles. The van der Waals surface area contributed by atoms with Crippen LogP contribution in [0.15, 0.2) is 42.6 Å². The molecular weight excluding hydrogens is 314 g/mol. The second-order valence-electron chi connectivity index (χ2n) is 7.05. The third kappa shape index (κ3) is 3.82. The minimum atomic E-state index is -0.450. The average molecular weight is 339 g/mol. The minimum absolute atomic E-state index is 0.132. The Bertz CT molecular complexity index is 762. The zero-order valence-electron chi connectivity index (χ0n) is 14.6. The van der Waals surface area contributed by atoms with Gasteiger partial charge in [-0.3, -0.25) is 4.79 Å². The van der Waals surface area contributed by atoms with Gasteiger partial charge in [0.2, 0.25) is 5.91 Å². The maximum absolute atomic E-state index is 11.4. The Hall–Kier alpha value is -2.40. The Morgan fingerprint density at radius 2 is 2.16 bits per heavy atom. The van der Waals surface area contributed by atoms with Gasteiger partial charge in [-0.1, -0.05) is 24.3 Å². The van der Waals surface area contributed by atoms with Gasteiger partial charge < -0.3 is 15.7 Å². The number of aryl methyl sites for hydroxylation is 1. The average Bonchev–Trinajstić information content (AvgIpc) is 2.64. The number of aliphatic hydroxyl groups is 1. The SMILES string of the molecule is Cc1ccccc1CC1(CO)CCCN(c2cc(C(N)=O)ccn2)C1. The monoisotopic (exact) mass is 339 g/mol. The second kappa shape index (κ2) is 7.23. The molecule has 0 aliphatic carbocycles. The van der Waals surface area contributed by atoms with Crippen LogP contribution in [0.1, 0.15) is 34.3 Å². The van der Waals surface area contributed by atoms with E-state index in [1.165, 1.54) is 11.1 Å². The molecule has 3 rings (SSSR count). The summed E-state index contributed by atoms with van der Waals surface area (Å²) in [6, 6.07) is 11.7. The van der Waals surface area contributed by atoms with E-state index >= 15 is 0 Å². The number of hydrogen-bond acceptors (Lipinski definition) is 4. The zero-order chi connectivity index (χ0) is 17.9. The summed E-state index contributed by atoms with van der Waals surface area (Å²) in [6.07, 6.45) is 4.41. The molecule has 1 saturated heterocycles. The molecular formula is C20H25N3O2. The summed E-state index contributed by atoms with van der Waals surface area (Å²) in [5.41, 5.74) is 8.17. The van der Waals surface area contributed by atoms with Gasteiger partial charge in [0.05, 0.1) is 6.61 Å². The Morgan fingerprint density at radius 1 is 1.36 bits per heavy atom. The summed E-state index contributed by atoms with van der Waals surface area (Å²) in [4.78, 5) is 18.0. The number of amides is 1. The quantitative estimate of drug-likeness (QED) is 0.876. The Morgan fingerprint density at radius 3 is 2.88 bits per heavy atom. The number of benzene rings is 1. The van der Waals surface area contributed by atoms with Gasteiger partial charge in [-0.15, -0.1) is 0 Å². The minimum Gasteiger partial charge on any atom is -0.396 e. The molecule has 0 bridgehead atoms. The first kappa shape index (κ1) is 17.4. The number of hydrogen-bond donors (Lipinski definition) is 2. The van der Waals surface area contributed by atoms with E-state index in [0.29, 0.717) is 12.1 Å². The van der Waals surface area contributed by atoms with Crippen molar-refractivity contribution in [2.75, 3.05) is 24.6 Å². The Kier molecular flexibility index (Phi) is 5.04. The van der Waals surface area contributed by atoms with E-state index in [-0.39, 0.29) is 12.0 Å². The van der Waals surface area contributed by atoms with Gasteiger partial charge in [-0.25, -0.2) is 4.98 Å². The molecule has 5 heteroatoms. The zero-order valence-corrected chi connectivity index (χ0v) is 14.6. The Balaban J connectivity index is 1.84. The summed E-state index contributed by atoms with van der Waals surface area (Å²) < 4.78 is 0. The lowest BCUT2D eigenvalue weighted by molar-refractivity contribution is 0.0999. The summed E-state index contributed by atoms with van der Waals surface area (Å²) in [5, 5.41) is 10.2. The third-order valence-corrected chi connectivity index (χ3v) is 5.18. The molecule has 1 atom stereocenters. The second-order valence-corrected chi connectivity index (χ2v) is 7.05. The summed E-state index contributed by atoms with van der Waals surface area (Å²) in [7, 11) is 0. The molecule has 1 aliphatic heterocycles. The van der Waals surface area contributed by atoms with E-state index < -0.39 is 5.91 Å². The predicted octanol–water partition coefficient (Wildman–Crippen LogP) is 2.31. The highest BCUT2D eigenvalue weighted by Crippen LogP contribution is 2.35. The van der Waals surface area contributed by atoms with E-state index in [4.69, 9.17) is 5.73 Å². The number of aromatic nitrogens is 1. The fraction of sp³-hybridized carbons (Fsp3) is 0.400. The van der Waals surface area contributed by atoms with E-state index in [1.807, 2.05) is 12.1 Å². The van der Waals surface area contributed by atoms with Crippen LogP contribution < -0.4 is 10.6 Å². The molecule has 2 aromatic rings. The number of carbonyl (C=O) groups is 1. The summed E-state index contributed by atoms with van der Waals surface area (Å²) >= 11 is 0. The lowest BCUT2D eigenvalue weighted by Crippen LogP contribution is -2.47. The first-order valence-corrected chi connectivity index (χ1v) is 8.69. The van der Waals surface area contributed by atoms with E-state index in [2.05, 4.69) is 28.9 Å². The van der Waals surface area contributed by atoms with Crippen molar-refractivity contribution in [2.24, 2.45) is 11.1 Å². The van der Waals surface area contributed by atoms with Crippen LogP contribution in [0.25, 0.3) is 0 Å². The number of anilines is 1. The number of aliphatic hydroxyl groups excluding tert-OH is 1. The highest BCUT2D eigenvalue weighted by atomic mass is 16.3. The normalized spacial score (nSPS) is 20.5. The number of rotatable bonds is 5. The molecule has 1 aliphatic rings. The van der Waals surface area contributed by atoms with E-state index in [1.54, 1.807) is 18.3 Å². The van der Waals surface area contributed by atoms with E-state index in [9.17, 15) is 9.90 Å². The summed E-state index contributed by atoms with van der Waals surface area (Å²) in [5.74, 6) is 0.299. The smallest absolute Gasteiger partial charge is 0.248 e. The van der Waals surface area contributed by atoms with Crippen molar-refractivity contribution < 1.29 is 9.90 Å². The molecule has 1 amide bonds. The van der Waals surface area contributed by atoms with Gasteiger partial charge in [0.15, 0.2) is 0 Å². The highest BCUT2D eigenvalue weighted by Gasteiger charge is 2.36. The fourth-order valence-corrected chi connectivity index (χ4v) is 3.69. The van der Waals surface area contributed by atoms with Crippen molar-refractivity contribution in [1.29, 1.82) is 0 Å². The number of pyridine rings is 1. The molecule has 1 aromatic heterocycles. The number of carbonyl (C=O) groups excluding carboxylic acids is 1. The molecule has 1 unspecified atom stereocenters. The first-order chi connectivity index (χ1) is 12.0. The molecule has 132 valence electrons. The van der Waals surface area contributed by atoms with Crippen molar-refractivity contribution in [3.8, 4) is 0 Å². The molecule has 3 N–H and O–H groups in total. The number of primary amides is 1. The first-order valence-electron chi connectivity index (χ1n) is 8.69. The standard InChI is InChI=1S/C20H25N3O2/c1-15-5-2-3-6-17(15)12-20(14-24)8-4-10-23(13-20)18-11-16(19(21)25)7-9-22-18/h2-3,5-7,9,11,24H,4,8,10,12-14H2,1H3,(H2,21,25). The van der Waals surface area contributed by atoms with Crippen LogP contribution in [0, 0.1) is 12.3 Å². The van der Waals surface area contributed by atoms with Crippen LogP contribution in [0.2, 0.25) is 0 Å². The van der Waals surface area contributed by atoms with Crippen molar-refractivity contribution in [2.45, 2.75) is 26.2 Å². The number of nitrogens with two attached hydrogens (primary N) is 1. The van der Waals surface area contributed by atoms with Gasteiger partial charge in [0.1, 0.15) is 5.82 Å². The lowest BCUT2D eigenvalue weighted by Gasteiger charge is -2.42. The fourth-order valence-electron chi connectivity index (χ4n) is 3.69. The maximum Gasteiger partial charge on any atom is 0.248 e. The van der Waals surface area contributed by atoms with Crippen LogP contribution in [-0.4, -0.2) is 35.7 Å². The third-order valence-electron chi connectivity index (χ3n) is 5.18. The summed E-state index contributed by atoms with van der Waals surface area (Å²) in [6.45, 7) is 3.82. The van der Waals surface area contributed by atoms with Crippen molar-refractivity contribution in [3.63, 3.8) is 0 Å². The molecule has 0 radical (unpaired) electrons. The number of nitrogens with zero attached hydrogens (tertiary/aromatic N) is 2. The topological polar surface area (TPSA) is 79.5 Å². The van der Waals surface area contributed by atoms with Gasteiger partial charge >= 0.3 is 0 Å². The highest BCUT2D eigenvalue weighted by molar-refractivity contribution is 5.93. The molecule has 2 heterocycles. The number of piperidine rings is 1. The van der Waals surface area contributed by atoms with Crippen molar-refractivity contribution >= 4 is 11.7 Å². The van der Waals surface area contributed by atoms with Crippen LogP contribution in [0.4, 0.5) is 5.82 Å². The lowest BCUT2D eigenvalue weighted by atomic mass is 9.75. The van der Waals surface area contributed by atoms with Crippen LogP contribution in [0.3, 0.4) is 0 Å². The predicted molar refractivity (Wildman–Crippen MR) is 98.6 cm³/mol. The molecule has 1 fully saturated rings. The largest absolute Gasteiger partial charge is 0.396 e. The van der Waals surface area contributed by atoms with Gasteiger partial charge in [-0.05, 0) is 49.4 Å². The maximum atomic E-state index is 11.4. The van der Waals surface area contributed by atoms with Crippen LogP contribution >= 0.6 is 0 Å². The van der Waals surface area contributed by atoms with Crippen molar-refractivity contribution in [3.05, 3.63) is 59.3 Å². The van der Waals surface area contributed by atoms with E-state index in [0.717, 1.165) is 31.6 Å².